The van der Waals surface area contributed by atoms with E-state index in [2.05, 4.69) is 0 Å². The Morgan fingerprint density at radius 1 is 0.457 bits per heavy atom. The van der Waals surface area contributed by atoms with Gasteiger partial charge in [0.15, 0.2) is 5.78 Å². The second-order valence-electron chi connectivity index (χ2n) is 7.44. The normalized spacial score (nSPS) is 10.4. The SMILES string of the molecule is O=C(Oc1ccc(O)cc1)c1cc(C(=O)Oc2ccc(O)cc2)cc(C(=O)c2ccc(O)cc2)c1. The summed E-state index contributed by atoms with van der Waals surface area (Å²) in [5.74, 6) is -1.91. The van der Waals surface area contributed by atoms with Gasteiger partial charge in [-0.2, -0.15) is 0 Å². The van der Waals surface area contributed by atoms with Gasteiger partial charge in [0.1, 0.15) is 28.7 Å². The fourth-order valence-electron chi connectivity index (χ4n) is 3.13. The summed E-state index contributed by atoms with van der Waals surface area (Å²) in [5, 5.41) is 28.3. The second-order valence-corrected chi connectivity index (χ2v) is 7.44. The molecule has 0 aliphatic heterocycles. The average molecular weight is 470 g/mol. The number of benzene rings is 4. The maximum atomic E-state index is 13.1. The fraction of sp³-hybridized carbons (Fsp3) is 0. The molecule has 0 radical (unpaired) electrons. The van der Waals surface area contributed by atoms with Crippen LogP contribution in [-0.4, -0.2) is 33.0 Å². The van der Waals surface area contributed by atoms with Gasteiger partial charge in [0, 0.05) is 11.1 Å². The predicted octanol–water partition coefficient (Wildman–Crippen LogP) is 4.47. The molecule has 4 aromatic rings. The van der Waals surface area contributed by atoms with Crippen LogP contribution in [0, 0.1) is 0 Å². The van der Waals surface area contributed by atoms with Crippen molar-refractivity contribution in [1.82, 2.24) is 0 Å². The molecule has 4 rings (SSSR count). The van der Waals surface area contributed by atoms with Crippen molar-refractivity contribution in [2.45, 2.75) is 0 Å². The van der Waals surface area contributed by atoms with Crippen molar-refractivity contribution in [2.75, 3.05) is 0 Å². The molecular weight excluding hydrogens is 452 g/mol. The highest BCUT2D eigenvalue weighted by molar-refractivity contribution is 6.11. The van der Waals surface area contributed by atoms with Crippen molar-refractivity contribution in [3.8, 4) is 28.7 Å². The van der Waals surface area contributed by atoms with Crippen LogP contribution in [0.25, 0.3) is 0 Å². The molecule has 3 N–H and O–H groups in total. The van der Waals surface area contributed by atoms with E-state index in [1.54, 1.807) is 0 Å². The van der Waals surface area contributed by atoms with E-state index in [0.29, 0.717) is 0 Å². The molecule has 0 amide bonds. The smallest absolute Gasteiger partial charge is 0.343 e. The largest absolute Gasteiger partial charge is 0.508 e. The first-order valence-electron chi connectivity index (χ1n) is 10.3. The van der Waals surface area contributed by atoms with Crippen LogP contribution in [0.2, 0.25) is 0 Å². The standard InChI is InChI=1S/C27H18O8/c28-20-3-1-16(2-4-20)25(31)17-13-18(26(32)34-23-9-5-21(29)6-10-23)15-19(14-17)27(33)35-24-11-7-22(30)8-12-24/h1-15,28-30H. The number of carbonyl (C=O) groups excluding carboxylic acids is 3. The van der Waals surface area contributed by atoms with Gasteiger partial charge in [-0.3, -0.25) is 4.79 Å². The molecule has 0 aromatic heterocycles. The number of hydrogen-bond donors (Lipinski definition) is 3. The van der Waals surface area contributed by atoms with E-state index in [1.807, 2.05) is 0 Å². The number of rotatable bonds is 6. The minimum atomic E-state index is -0.838. The molecule has 0 bridgehead atoms. The molecule has 0 spiro atoms. The maximum Gasteiger partial charge on any atom is 0.343 e. The molecule has 35 heavy (non-hydrogen) atoms. The lowest BCUT2D eigenvalue weighted by atomic mass is 9.98. The Morgan fingerprint density at radius 3 is 1.20 bits per heavy atom. The third-order valence-electron chi connectivity index (χ3n) is 4.89. The van der Waals surface area contributed by atoms with Crippen LogP contribution >= 0.6 is 0 Å². The topological polar surface area (TPSA) is 130 Å². The van der Waals surface area contributed by atoms with Gasteiger partial charge in [0.2, 0.25) is 0 Å². The summed E-state index contributed by atoms with van der Waals surface area (Å²) in [6.45, 7) is 0. The van der Waals surface area contributed by atoms with E-state index in [9.17, 15) is 29.7 Å². The van der Waals surface area contributed by atoms with Gasteiger partial charge in [0.25, 0.3) is 0 Å². The Labute approximate surface area is 199 Å². The Morgan fingerprint density at radius 2 is 0.800 bits per heavy atom. The summed E-state index contributed by atoms with van der Waals surface area (Å²) >= 11 is 0. The molecule has 8 heteroatoms. The van der Waals surface area contributed by atoms with E-state index in [1.165, 1.54) is 91.0 Å². The molecule has 8 nitrogen and oxygen atoms in total. The average Bonchev–Trinajstić information content (AvgIpc) is 2.86. The molecular formula is C27H18O8. The van der Waals surface area contributed by atoms with Crippen molar-refractivity contribution in [2.24, 2.45) is 0 Å². The summed E-state index contributed by atoms with van der Waals surface area (Å²) in [6, 6.07) is 20.2. The molecule has 0 aliphatic rings. The van der Waals surface area contributed by atoms with Crippen LogP contribution in [0.5, 0.6) is 28.7 Å². The quantitative estimate of drug-likeness (QED) is 0.214. The zero-order valence-corrected chi connectivity index (χ0v) is 18.0. The molecule has 0 unspecified atom stereocenters. The number of hydrogen-bond acceptors (Lipinski definition) is 8. The minimum Gasteiger partial charge on any atom is -0.508 e. The summed E-state index contributed by atoms with van der Waals surface area (Å²) in [7, 11) is 0. The molecule has 0 heterocycles. The Hall–Kier alpha value is -5.11. The van der Waals surface area contributed by atoms with Crippen molar-refractivity contribution < 1.29 is 39.2 Å². The molecule has 0 aliphatic carbocycles. The van der Waals surface area contributed by atoms with Gasteiger partial charge in [-0.1, -0.05) is 0 Å². The molecule has 0 saturated carbocycles. The summed E-state index contributed by atoms with van der Waals surface area (Å²) in [6.07, 6.45) is 0. The lowest BCUT2D eigenvalue weighted by molar-refractivity contribution is 0.0734. The second kappa shape index (κ2) is 9.80. The first-order valence-corrected chi connectivity index (χ1v) is 10.3. The predicted molar refractivity (Wildman–Crippen MR) is 124 cm³/mol. The third-order valence-corrected chi connectivity index (χ3v) is 4.89. The Kier molecular flexibility index (Phi) is 6.46. The fourth-order valence-corrected chi connectivity index (χ4v) is 3.13. The van der Waals surface area contributed by atoms with Gasteiger partial charge in [-0.05, 0) is 91.0 Å². The summed E-state index contributed by atoms with van der Waals surface area (Å²) < 4.78 is 10.6. The highest BCUT2D eigenvalue weighted by Crippen LogP contribution is 2.22. The van der Waals surface area contributed by atoms with Gasteiger partial charge in [0.05, 0.1) is 11.1 Å². The monoisotopic (exact) mass is 470 g/mol. The molecule has 4 aromatic carbocycles. The highest BCUT2D eigenvalue weighted by atomic mass is 16.5. The van der Waals surface area contributed by atoms with Crippen LogP contribution in [0.3, 0.4) is 0 Å². The molecule has 0 fully saturated rings. The third kappa shape index (κ3) is 5.63. The number of phenols is 3. The Balaban J connectivity index is 1.69. The van der Waals surface area contributed by atoms with E-state index in [-0.39, 0.29) is 51.0 Å². The summed E-state index contributed by atoms with van der Waals surface area (Å²) in [5.41, 5.74) is 0.0823. The van der Waals surface area contributed by atoms with Crippen molar-refractivity contribution in [1.29, 1.82) is 0 Å². The van der Waals surface area contributed by atoms with E-state index in [4.69, 9.17) is 9.47 Å². The van der Waals surface area contributed by atoms with Gasteiger partial charge in [-0.25, -0.2) is 9.59 Å². The van der Waals surface area contributed by atoms with Crippen molar-refractivity contribution in [3.63, 3.8) is 0 Å². The van der Waals surface area contributed by atoms with Crippen LogP contribution in [-0.2, 0) is 0 Å². The van der Waals surface area contributed by atoms with Gasteiger partial charge < -0.3 is 24.8 Å². The number of ether oxygens (including phenoxy) is 2. The van der Waals surface area contributed by atoms with Crippen LogP contribution < -0.4 is 9.47 Å². The van der Waals surface area contributed by atoms with Crippen LogP contribution in [0.15, 0.2) is 91.0 Å². The number of carbonyl (C=O) groups is 3. The lowest BCUT2D eigenvalue weighted by Gasteiger charge is -2.10. The number of phenolic OH excluding ortho intramolecular Hbond substituents is 3. The number of ketones is 1. The molecule has 0 saturated heterocycles. The number of aromatic hydroxyl groups is 3. The molecule has 0 atom stereocenters. The van der Waals surface area contributed by atoms with Crippen molar-refractivity contribution >= 4 is 17.7 Å². The van der Waals surface area contributed by atoms with E-state index >= 15 is 0 Å². The van der Waals surface area contributed by atoms with Crippen molar-refractivity contribution in [3.05, 3.63) is 113 Å². The van der Waals surface area contributed by atoms with Gasteiger partial charge in [-0.15, -0.1) is 0 Å². The highest BCUT2D eigenvalue weighted by Gasteiger charge is 2.20. The zero-order valence-electron chi connectivity index (χ0n) is 18.0. The minimum absolute atomic E-state index is 0.00875. The molecule has 174 valence electrons. The van der Waals surface area contributed by atoms with Gasteiger partial charge >= 0.3 is 11.9 Å². The van der Waals surface area contributed by atoms with E-state index < -0.39 is 17.7 Å². The summed E-state index contributed by atoms with van der Waals surface area (Å²) in [4.78, 5) is 38.7. The zero-order chi connectivity index (χ0) is 24.9. The van der Waals surface area contributed by atoms with Crippen LogP contribution in [0.4, 0.5) is 0 Å². The van der Waals surface area contributed by atoms with Crippen LogP contribution in [0.1, 0.15) is 36.6 Å². The Bertz CT molecular complexity index is 1310. The van der Waals surface area contributed by atoms with E-state index in [0.717, 1.165) is 0 Å². The maximum absolute atomic E-state index is 13.1. The lowest BCUT2D eigenvalue weighted by Crippen LogP contribution is -2.15. The number of esters is 2. The first-order chi connectivity index (χ1) is 16.8. The first kappa shape index (κ1) is 23.1.